The highest BCUT2D eigenvalue weighted by molar-refractivity contribution is 6.32. The van der Waals surface area contributed by atoms with Crippen molar-refractivity contribution in [1.82, 2.24) is 10.2 Å². The van der Waals surface area contributed by atoms with Gasteiger partial charge in [-0.2, -0.15) is 0 Å². The standard InChI is InChI=1S/C17H23ClN2O5/c1-4-25-17(22)20-7-5-12(6-8-20)19-16(21)11-9-13(18)15(24-3)14(10-11)23-2/h9-10,12H,4-8H2,1-3H3,(H,19,21). The van der Waals surface area contributed by atoms with E-state index in [2.05, 4.69) is 5.32 Å². The van der Waals surface area contributed by atoms with Crippen LogP contribution >= 0.6 is 11.6 Å². The second-order valence-corrected chi connectivity index (χ2v) is 6.03. The maximum Gasteiger partial charge on any atom is 0.409 e. The third-order valence-electron chi connectivity index (χ3n) is 4.05. The van der Waals surface area contributed by atoms with E-state index in [4.69, 9.17) is 25.8 Å². The number of amides is 2. The van der Waals surface area contributed by atoms with Gasteiger partial charge in [-0.15, -0.1) is 0 Å². The van der Waals surface area contributed by atoms with Gasteiger partial charge < -0.3 is 24.4 Å². The van der Waals surface area contributed by atoms with Crippen LogP contribution in [-0.2, 0) is 4.74 Å². The van der Waals surface area contributed by atoms with Crippen LogP contribution in [0.3, 0.4) is 0 Å². The Kier molecular flexibility index (Phi) is 6.75. The molecule has 0 aromatic heterocycles. The summed E-state index contributed by atoms with van der Waals surface area (Å²) in [6, 6.07) is 3.13. The van der Waals surface area contributed by atoms with Crippen molar-refractivity contribution in [1.29, 1.82) is 0 Å². The van der Waals surface area contributed by atoms with E-state index in [1.807, 2.05) is 0 Å². The van der Waals surface area contributed by atoms with Crippen LogP contribution in [0, 0.1) is 0 Å². The zero-order valence-electron chi connectivity index (χ0n) is 14.6. The molecule has 1 aliphatic rings. The SMILES string of the molecule is CCOC(=O)N1CCC(NC(=O)c2cc(Cl)c(OC)c(OC)c2)CC1. The Bertz CT molecular complexity index is 630. The summed E-state index contributed by atoms with van der Waals surface area (Å²) in [5, 5.41) is 3.28. The number of carbonyl (C=O) groups excluding carboxylic acids is 2. The number of piperidine rings is 1. The highest BCUT2D eigenvalue weighted by Gasteiger charge is 2.25. The summed E-state index contributed by atoms with van der Waals surface area (Å²) < 4.78 is 15.4. The number of likely N-dealkylation sites (tertiary alicyclic amines) is 1. The number of halogens is 1. The number of methoxy groups -OCH3 is 2. The molecule has 0 atom stereocenters. The summed E-state index contributed by atoms with van der Waals surface area (Å²) in [5.41, 5.74) is 0.399. The van der Waals surface area contributed by atoms with E-state index in [1.54, 1.807) is 24.0 Å². The van der Waals surface area contributed by atoms with Crippen LogP contribution in [0.5, 0.6) is 11.5 Å². The Labute approximate surface area is 152 Å². The molecule has 1 N–H and O–H groups in total. The average molecular weight is 371 g/mol. The highest BCUT2D eigenvalue weighted by atomic mass is 35.5. The molecule has 0 bridgehead atoms. The van der Waals surface area contributed by atoms with Crippen molar-refractivity contribution in [2.24, 2.45) is 0 Å². The number of benzene rings is 1. The monoisotopic (exact) mass is 370 g/mol. The summed E-state index contributed by atoms with van der Waals surface area (Å²) in [7, 11) is 2.97. The number of nitrogens with zero attached hydrogens (tertiary/aromatic N) is 1. The minimum absolute atomic E-state index is 0.00921. The second kappa shape index (κ2) is 8.80. The summed E-state index contributed by atoms with van der Waals surface area (Å²) >= 11 is 6.14. The predicted molar refractivity (Wildman–Crippen MR) is 93.6 cm³/mol. The fourth-order valence-electron chi connectivity index (χ4n) is 2.74. The van der Waals surface area contributed by atoms with Crippen molar-refractivity contribution in [2.75, 3.05) is 33.9 Å². The molecule has 1 fully saturated rings. The molecule has 0 radical (unpaired) electrons. The normalized spacial score (nSPS) is 14.8. The van der Waals surface area contributed by atoms with Crippen molar-refractivity contribution in [3.63, 3.8) is 0 Å². The number of ether oxygens (including phenoxy) is 3. The Morgan fingerprint density at radius 3 is 2.48 bits per heavy atom. The Morgan fingerprint density at radius 1 is 1.24 bits per heavy atom. The van der Waals surface area contributed by atoms with E-state index >= 15 is 0 Å². The third kappa shape index (κ3) is 4.69. The van der Waals surface area contributed by atoms with E-state index in [9.17, 15) is 9.59 Å². The highest BCUT2D eigenvalue weighted by Crippen LogP contribution is 2.36. The fraction of sp³-hybridized carbons (Fsp3) is 0.529. The van der Waals surface area contributed by atoms with Gasteiger partial charge in [0.15, 0.2) is 11.5 Å². The van der Waals surface area contributed by atoms with Crippen LogP contribution in [0.1, 0.15) is 30.1 Å². The van der Waals surface area contributed by atoms with Crippen molar-refractivity contribution < 1.29 is 23.8 Å². The van der Waals surface area contributed by atoms with Gasteiger partial charge in [0, 0.05) is 24.7 Å². The quantitative estimate of drug-likeness (QED) is 0.862. The zero-order chi connectivity index (χ0) is 18.4. The molecule has 2 rings (SSSR count). The summed E-state index contributed by atoms with van der Waals surface area (Å²) in [4.78, 5) is 25.8. The topological polar surface area (TPSA) is 77.1 Å². The van der Waals surface area contributed by atoms with Crippen molar-refractivity contribution in [2.45, 2.75) is 25.8 Å². The molecule has 0 spiro atoms. The van der Waals surface area contributed by atoms with Gasteiger partial charge in [-0.05, 0) is 31.9 Å². The summed E-state index contributed by atoms with van der Waals surface area (Å²) in [6.45, 7) is 3.24. The van der Waals surface area contributed by atoms with E-state index in [-0.39, 0.29) is 18.0 Å². The zero-order valence-corrected chi connectivity index (χ0v) is 15.4. The van der Waals surface area contributed by atoms with Gasteiger partial charge in [0.25, 0.3) is 5.91 Å². The second-order valence-electron chi connectivity index (χ2n) is 5.63. The largest absolute Gasteiger partial charge is 0.493 e. The lowest BCUT2D eigenvalue weighted by molar-refractivity contribution is 0.0859. The van der Waals surface area contributed by atoms with E-state index < -0.39 is 0 Å². The molecule has 0 unspecified atom stereocenters. The number of carbonyl (C=O) groups is 2. The predicted octanol–water partition coefficient (Wildman–Crippen LogP) is 2.71. The Morgan fingerprint density at radius 2 is 1.92 bits per heavy atom. The van der Waals surface area contributed by atoms with Gasteiger partial charge in [-0.25, -0.2) is 4.79 Å². The van der Waals surface area contributed by atoms with Crippen LogP contribution < -0.4 is 14.8 Å². The van der Waals surface area contributed by atoms with Crippen LogP contribution in [-0.4, -0.2) is 56.9 Å². The van der Waals surface area contributed by atoms with Gasteiger partial charge in [0.05, 0.1) is 25.8 Å². The smallest absolute Gasteiger partial charge is 0.409 e. The Hall–Kier alpha value is -2.15. The van der Waals surface area contributed by atoms with Gasteiger partial charge in [-0.1, -0.05) is 11.6 Å². The third-order valence-corrected chi connectivity index (χ3v) is 4.33. The molecule has 1 heterocycles. The molecule has 0 aliphatic carbocycles. The first-order valence-electron chi connectivity index (χ1n) is 8.14. The summed E-state index contributed by atoms with van der Waals surface area (Å²) in [6.07, 6.45) is 1.04. The molecule has 1 aliphatic heterocycles. The minimum atomic E-state index is -0.307. The number of rotatable bonds is 5. The van der Waals surface area contributed by atoms with E-state index in [1.165, 1.54) is 14.2 Å². The molecule has 25 heavy (non-hydrogen) atoms. The average Bonchev–Trinajstić information content (AvgIpc) is 2.61. The molecular formula is C17H23ClN2O5. The maximum absolute atomic E-state index is 12.5. The number of hydrogen-bond acceptors (Lipinski definition) is 5. The van der Waals surface area contributed by atoms with Crippen LogP contribution in [0.25, 0.3) is 0 Å². The molecule has 7 nitrogen and oxygen atoms in total. The first-order valence-corrected chi connectivity index (χ1v) is 8.52. The van der Waals surface area contributed by atoms with Crippen LogP contribution in [0.4, 0.5) is 4.79 Å². The van der Waals surface area contributed by atoms with Gasteiger partial charge in [0.2, 0.25) is 0 Å². The van der Waals surface area contributed by atoms with Crippen LogP contribution in [0.15, 0.2) is 12.1 Å². The fourth-order valence-corrected chi connectivity index (χ4v) is 3.03. The molecule has 2 amide bonds. The molecule has 1 aromatic carbocycles. The van der Waals surface area contributed by atoms with Crippen molar-refractivity contribution in [3.05, 3.63) is 22.7 Å². The Balaban J connectivity index is 1.97. The summed E-state index contributed by atoms with van der Waals surface area (Å²) in [5.74, 6) is 0.554. The van der Waals surface area contributed by atoms with Gasteiger partial charge >= 0.3 is 6.09 Å². The molecule has 0 saturated carbocycles. The van der Waals surface area contributed by atoms with Crippen molar-refractivity contribution in [3.8, 4) is 11.5 Å². The van der Waals surface area contributed by atoms with Gasteiger partial charge in [-0.3, -0.25) is 4.79 Å². The molecule has 138 valence electrons. The first kappa shape index (κ1) is 19.2. The lowest BCUT2D eigenvalue weighted by Gasteiger charge is -2.31. The van der Waals surface area contributed by atoms with E-state index in [0.717, 1.165) is 0 Å². The number of hydrogen-bond donors (Lipinski definition) is 1. The molecular weight excluding hydrogens is 348 g/mol. The van der Waals surface area contributed by atoms with Gasteiger partial charge in [0.1, 0.15) is 0 Å². The number of nitrogens with one attached hydrogen (secondary N) is 1. The van der Waals surface area contributed by atoms with Crippen molar-refractivity contribution >= 4 is 23.6 Å². The first-order chi connectivity index (χ1) is 12.0. The minimum Gasteiger partial charge on any atom is -0.493 e. The molecule has 8 heteroatoms. The maximum atomic E-state index is 12.5. The lowest BCUT2D eigenvalue weighted by atomic mass is 10.0. The molecule has 1 aromatic rings. The molecule has 1 saturated heterocycles. The van der Waals surface area contributed by atoms with Crippen LogP contribution in [0.2, 0.25) is 5.02 Å². The van der Waals surface area contributed by atoms with E-state index in [0.29, 0.717) is 54.6 Å². The lowest BCUT2D eigenvalue weighted by Crippen LogP contribution is -2.46.